The van der Waals surface area contributed by atoms with Gasteiger partial charge in [-0.2, -0.15) is 0 Å². The van der Waals surface area contributed by atoms with Gasteiger partial charge in [-0.3, -0.25) is 4.79 Å². The molecule has 37 heavy (non-hydrogen) atoms. The highest BCUT2D eigenvalue weighted by molar-refractivity contribution is 5.76. The van der Waals surface area contributed by atoms with Crippen molar-refractivity contribution >= 4 is 23.5 Å². The standard InChI is InChI=1S/C30H31N3O4/c1-37-30-14-12-25(18-26(30)22-5-3-2-4-6-22)33-24-10-7-21(8-11-24)15-16-31-19-29(36)23-9-13-28(35)27(17-23)32-20-34/h2-14,17-18,20,29,31,33,35-36H,15-16,19H2,1H3,(H,32,34)/t29-/m1/s1. The molecule has 0 aliphatic heterocycles. The molecule has 0 aliphatic carbocycles. The number of aliphatic hydroxyl groups excluding tert-OH is 1. The number of aromatic hydroxyl groups is 1. The second-order valence-corrected chi connectivity index (χ2v) is 8.61. The van der Waals surface area contributed by atoms with Crippen LogP contribution in [0.3, 0.4) is 0 Å². The number of carbonyl (C=O) groups excluding carboxylic acids is 1. The second kappa shape index (κ2) is 12.6. The topological polar surface area (TPSA) is 103 Å². The van der Waals surface area contributed by atoms with Crippen LogP contribution >= 0.6 is 0 Å². The van der Waals surface area contributed by atoms with Crippen LogP contribution in [0.2, 0.25) is 0 Å². The Morgan fingerprint density at radius 1 is 0.919 bits per heavy atom. The number of phenolic OH excluding ortho intramolecular Hbond substituents is 1. The van der Waals surface area contributed by atoms with Crippen LogP contribution in [-0.4, -0.2) is 36.8 Å². The van der Waals surface area contributed by atoms with E-state index in [9.17, 15) is 15.0 Å². The lowest BCUT2D eigenvalue weighted by Gasteiger charge is -2.14. The number of methoxy groups -OCH3 is 1. The molecule has 0 saturated heterocycles. The molecule has 7 heteroatoms. The Bertz CT molecular complexity index is 1310. The van der Waals surface area contributed by atoms with Crippen molar-refractivity contribution in [3.8, 4) is 22.6 Å². The van der Waals surface area contributed by atoms with E-state index in [0.717, 1.165) is 34.7 Å². The second-order valence-electron chi connectivity index (χ2n) is 8.61. The molecule has 0 spiro atoms. The van der Waals surface area contributed by atoms with Gasteiger partial charge in [0.25, 0.3) is 0 Å². The maximum Gasteiger partial charge on any atom is 0.211 e. The van der Waals surface area contributed by atoms with Gasteiger partial charge in [-0.1, -0.05) is 48.5 Å². The molecule has 5 N–H and O–H groups in total. The number of rotatable bonds is 12. The fraction of sp³-hybridized carbons (Fsp3) is 0.167. The van der Waals surface area contributed by atoms with Gasteiger partial charge in [-0.05, 0) is 72.1 Å². The highest BCUT2D eigenvalue weighted by Crippen LogP contribution is 2.33. The van der Waals surface area contributed by atoms with Crippen LogP contribution in [0, 0.1) is 0 Å². The van der Waals surface area contributed by atoms with Crippen LogP contribution in [0.4, 0.5) is 17.1 Å². The molecule has 0 fully saturated rings. The third-order valence-corrected chi connectivity index (χ3v) is 6.07. The molecule has 0 saturated carbocycles. The van der Waals surface area contributed by atoms with Crippen molar-refractivity contribution in [2.45, 2.75) is 12.5 Å². The van der Waals surface area contributed by atoms with Crippen molar-refractivity contribution in [2.24, 2.45) is 0 Å². The first-order valence-corrected chi connectivity index (χ1v) is 12.1. The number of carbonyl (C=O) groups is 1. The summed E-state index contributed by atoms with van der Waals surface area (Å²) in [6.45, 7) is 1.05. The molecular weight excluding hydrogens is 466 g/mol. The number of aliphatic hydroxyl groups is 1. The molecule has 0 bridgehead atoms. The normalized spacial score (nSPS) is 11.5. The third-order valence-electron chi connectivity index (χ3n) is 6.07. The number of ether oxygens (including phenoxy) is 1. The number of benzene rings is 4. The Labute approximate surface area is 216 Å². The summed E-state index contributed by atoms with van der Waals surface area (Å²) in [4.78, 5) is 10.7. The smallest absolute Gasteiger partial charge is 0.211 e. The van der Waals surface area contributed by atoms with E-state index in [-0.39, 0.29) is 11.4 Å². The van der Waals surface area contributed by atoms with Gasteiger partial charge in [0, 0.05) is 23.5 Å². The maximum atomic E-state index is 10.7. The van der Waals surface area contributed by atoms with Crippen molar-refractivity contribution in [1.29, 1.82) is 0 Å². The van der Waals surface area contributed by atoms with E-state index in [1.165, 1.54) is 11.6 Å². The zero-order chi connectivity index (χ0) is 26.0. The molecule has 1 amide bonds. The summed E-state index contributed by atoms with van der Waals surface area (Å²) >= 11 is 0. The van der Waals surface area contributed by atoms with E-state index in [2.05, 4.69) is 58.4 Å². The monoisotopic (exact) mass is 497 g/mol. The molecule has 0 unspecified atom stereocenters. The summed E-state index contributed by atoms with van der Waals surface area (Å²) < 4.78 is 5.55. The SMILES string of the molecule is COc1ccc(Nc2ccc(CCNC[C@@H](O)c3ccc(O)c(NC=O)c3)cc2)cc1-c1ccccc1. The number of phenols is 1. The number of nitrogens with one attached hydrogen (secondary N) is 3. The van der Waals surface area contributed by atoms with Gasteiger partial charge < -0.3 is 30.9 Å². The molecule has 4 rings (SSSR count). The van der Waals surface area contributed by atoms with Gasteiger partial charge >= 0.3 is 0 Å². The van der Waals surface area contributed by atoms with E-state index >= 15 is 0 Å². The fourth-order valence-electron chi connectivity index (χ4n) is 4.08. The molecule has 0 aromatic heterocycles. The Balaban J connectivity index is 1.29. The Morgan fingerprint density at radius 3 is 2.41 bits per heavy atom. The van der Waals surface area contributed by atoms with Gasteiger partial charge in [-0.15, -0.1) is 0 Å². The first kappa shape index (κ1) is 25.8. The van der Waals surface area contributed by atoms with Gasteiger partial charge in [0.1, 0.15) is 11.5 Å². The van der Waals surface area contributed by atoms with E-state index in [0.29, 0.717) is 25.1 Å². The predicted octanol–water partition coefficient (Wildman–Crippen LogP) is 5.25. The molecule has 4 aromatic rings. The fourth-order valence-corrected chi connectivity index (χ4v) is 4.08. The third kappa shape index (κ3) is 6.88. The van der Waals surface area contributed by atoms with E-state index in [4.69, 9.17) is 4.74 Å². The van der Waals surface area contributed by atoms with E-state index in [1.54, 1.807) is 19.2 Å². The van der Waals surface area contributed by atoms with E-state index < -0.39 is 6.10 Å². The summed E-state index contributed by atoms with van der Waals surface area (Å²) in [6.07, 6.45) is 0.536. The Kier molecular flexibility index (Phi) is 8.75. The summed E-state index contributed by atoms with van der Waals surface area (Å²) in [5.41, 5.74) is 6.15. The minimum Gasteiger partial charge on any atom is -0.506 e. The molecule has 190 valence electrons. The molecule has 0 radical (unpaired) electrons. The largest absolute Gasteiger partial charge is 0.506 e. The number of hydrogen-bond acceptors (Lipinski definition) is 6. The van der Waals surface area contributed by atoms with E-state index in [1.807, 2.05) is 30.3 Å². The lowest BCUT2D eigenvalue weighted by Crippen LogP contribution is -2.23. The highest BCUT2D eigenvalue weighted by Gasteiger charge is 2.11. The predicted molar refractivity (Wildman–Crippen MR) is 147 cm³/mol. The zero-order valence-corrected chi connectivity index (χ0v) is 20.6. The summed E-state index contributed by atoms with van der Waals surface area (Å²) in [6, 6.07) is 29.1. The quantitative estimate of drug-likeness (QED) is 0.104. The summed E-state index contributed by atoms with van der Waals surface area (Å²) in [5, 5.41) is 29.3. The van der Waals surface area contributed by atoms with Crippen molar-refractivity contribution in [3.63, 3.8) is 0 Å². The zero-order valence-electron chi connectivity index (χ0n) is 20.6. The van der Waals surface area contributed by atoms with Crippen LogP contribution < -0.4 is 20.7 Å². The average Bonchev–Trinajstić information content (AvgIpc) is 2.93. The van der Waals surface area contributed by atoms with Gasteiger partial charge in [-0.25, -0.2) is 0 Å². The van der Waals surface area contributed by atoms with Crippen LogP contribution in [0.5, 0.6) is 11.5 Å². The Hall–Kier alpha value is -4.33. The molecular formula is C30H31N3O4. The summed E-state index contributed by atoms with van der Waals surface area (Å²) in [7, 11) is 1.68. The molecule has 4 aromatic carbocycles. The highest BCUT2D eigenvalue weighted by atomic mass is 16.5. The number of amides is 1. The van der Waals surface area contributed by atoms with Crippen LogP contribution in [0.25, 0.3) is 11.1 Å². The minimum atomic E-state index is -0.760. The Morgan fingerprint density at radius 2 is 1.68 bits per heavy atom. The van der Waals surface area contributed by atoms with Crippen molar-refractivity contribution in [1.82, 2.24) is 5.32 Å². The molecule has 1 atom stereocenters. The number of anilines is 3. The molecule has 7 nitrogen and oxygen atoms in total. The first-order valence-electron chi connectivity index (χ1n) is 12.1. The average molecular weight is 498 g/mol. The summed E-state index contributed by atoms with van der Waals surface area (Å²) in [5.74, 6) is 0.783. The van der Waals surface area contributed by atoms with Crippen molar-refractivity contribution in [2.75, 3.05) is 30.8 Å². The van der Waals surface area contributed by atoms with Crippen molar-refractivity contribution in [3.05, 3.63) is 102 Å². The molecule has 0 aliphatic rings. The lowest BCUT2D eigenvalue weighted by atomic mass is 10.0. The van der Waals surface area contributed by atoms with Crippen molar-refractivity contribution < 1.29 is 19.7 Å². The molecule has 0 heterocycles. The van der Waals surface area contributed by atoms with Gasteiger partial charge in [0.2, 0.25) is 6.41 Å². The van der Waals surface area contributed by atoms with Gasteiger partial charge in [0.15, 0.2) is 0 Å². The number of hydrogen-bond donors (Lipinski definition) is 5. The maximum absolute atomic E-state index is 10.7. The van der Waals surface area contributed by atoms with Crippen LogP contribution in [0.1, 0.15) is 17.2 Å². The lowest BCUT2D eigenvalue weighted by molar-refractivity contribution is -0.105. The minimum absolute atomic E-state index is 0.0439. The van der Waals surface area contributed by atoms with Gasteiger partial charge in [0.05, 0.1) is 18.9 Å². The first-order chi connectivity index (χ1) is 18.1. The van der Waals surface area contributed by atoms with Crippen LogP contribution in [-0.2, 0) is 11.2 Å². The van der Waals surface area contributed by atoms with Crippen LogP contribution in [0.15, 0.2) is 91.0 Å².